The van der Waals surface area contributed by atoms with Crippen LogP contribution in [0, 0.1) is 6.92 Å². The average Bonchev–Trinajstić information content (AvgIpc) is 2.55. The molecule has 0 spiro atoms. The van der Waals surface area contributed by atoms with E-state index in [1.54, 1.807) is 0 Å². The second kappa shape index (κ2) is 6.64. The third-order valence-electron chi connectivity index (χ3n) is 3.94. The maximum absolute atomic E-state index is 5.39. The highest BCUT2D eigenvalue weighted by molar-refractivity contribution is 5.52. The third-order valence-corrected chi connectivity index (χ3v) is 3.94. The van der Waals surface area contributed by atoms with Gasteiger partial charge in [0, 0.05) is 31.0 Å². The molecular weight excluding hydrogens is 260 g/mol. The summed E-state index contributed by atoms with van der Waals surface area (Å²) < 4.78 is 5.39. The molecule has 110 valence electrons. The van der Waals surface area contributed by atoms with Gasteiger partial charge in [-0.3, -0.25) is 0 Å². The highest BCUT2D eigenvalue weighted by atomic mass is 16.5. The van der Waals surface area contributed by atoms with E-state index in [1.165, 1.54) is 22.5 Å². The lowest BCUT2D eigenvalue weighted by Crippen LogP contribution is -2.36. The number of morpholine rings is 1. The van der Waals surface area contributed by atoms with Crippen LogP contribution in [0.2, 0.25) is 0 Å². The smallest absolute Gasteiger partial charge is 0.0642 e. The van der Waals surface area contributed by atoms with Gasteiger partial charge >= 0.3 is 0 Å². The number of ether oxygens (including phenoxy) is 1. The van der Waals surface area contributed by atoms with Gasteiger partial charge in [0.2, 0.25) is 0 Å². The SMILES string of the molecule is Cc1ccccc1NCc1ccc(N2CCOCC2)cc1. The maximum Gasteiger partial charge on any atom is 0.0642 e. The zero-order valence-electron chi connectivity index (χ0n) is 12.5. The molecule has 21 heavy (non-hydrogen) atoms. The second-order valence-corrected chi connectivity index (χ2v) is 5.43. The standard InChI is InChI=1S/C18H22N2O/c1-15-4-2-3-5-18(15)19-14-16-6-8-17(9-7-16)20-10-12-21-13-11-20/h2-9,19H,10-14H2,1H3. The minimum absolute atomic E-state index is 0.830. The first-order valence-electron chi connectivity index (χ1n) is 7.54. The van der Waals surface area contributed by atoms with Gasteiger partial charge in [-0.2, -0.15) is 0 Å². The van der Waals surface area contributed by atoms with E-state index >= 15 is 0 Å². The van der Waals surface area contributed by atoms with E-state index in [0.29, 0.717) is 0 Å². The van der Waals surface area contributed by atoms with E-state index in [-0.39, 0.29) is 0 Å². The van der Waals surface area contributed by atoms with E-state index in [1.807, 2.05) is 0 Å². The predicted molar refractivity (Wildman–Crippen MR) is 88.0 cm³/mol. The van der Waals surface area contributed by atoms with Crippen molar-refractivity contribution in [3.05, 3.63) is 59.7 Å². The van der Waals surface area contributed by atoms with Crippen molar-refractivity contribution in [1.29, 1.82) is 0 Å². The van der Waals surface area contributed by atoms with Gasteiger partial charge in [0.1, 0.15) is 0 Å². The number of para-hydroxylation sites is 1. The molecule has 0 aliphatic carbocycles. The molecule has 0 amide bonds. The summed E-state index contributed by atoms with van der Waals surface area (Å²) in [5.41, 5.74) is 5.07. The van der Waals surface area contributed by atoms with Crippen molar-refractivity contribution in [3.63, 3.8) is 0 Å². The van der Waals surface area contributed by atoms with Crippen LogP contribution in [-0.2, 0) is 11.3 Å². The Morgan fingerprint density at radius 3 is 2.43 bits per heavy atom. The minimum atomic E-state index is 0.830. The fraction of sp³-hybridized carbons (Fsp3) is 0.333. The number of hydrogen-bond acceptors (Lipinski definition) is 3. The largest absolute Gasteiger partial charge is 0.381 e. The number of nitrogens with one attached hydrogen (secondary N) is 1. The number of nitrogens with zero attached hydrogens (tertiary/aromatic N) is 1. The van der Waals surface area contributed by atoms with Crippen LogP contribution in [0.3, 0.4) is 0 Å². The van der Waals surface area contributed by atoms with Gasteiger partial charge in [0.15, 0.2) is 0 Å². The molecule has 1 heterocycles. The van der Waals surface area contributed by atoms with Crippen LogP contribution >= 0.6 is 0 Å². The van der Waals surface area contributed by atoms with Crippen molar-refractivity contribution in [2.24, 2.45) is 0 Å². The van der Waals surface area contributed by atoms with Crippen molar-refractivity contribution >= 4 is 11.4 Å². The lowest BCUT2D eigenvalue weighted by Gasteiger charge is -2.28. The van der Waals surface area contributed by atoms with E-state index in [0.717, 1.165) is 32.8 Å². The van der Waals surface area contributed by atoms with Gasteiger partial charge in [0.05, 0.1) is 13.2 Å². The van der Waals surface area contributed by atoms with Crippen molar-refractivity contribution in [3.8, 4) is 0 Å². The monoisotopic (exact) mass is 282 g/mol. The number of hydrogen-bond donors (Lipinski definition) is 1. The quantitative estimate of drug-likeness (QED) is 0.929. The Labute approximate surface area is 126 Å². The topological polar surface area (TPSA) is 24.5 Å². The molecule has 0 unspecified atom stereocenters. The number of rotatable bonds is 4. The first-order valence-corrected chi connectivity index (χ1v) is 7.54. The van der Waals surface area contributed by atoms with E-state index in [9.17, 15) is 0 Å². The van der Waals surface area contributed by atoms with E-state index < -0.39 is 0 Å². The molecule has 3 heteroatoms. The Hall–Kier alpha value is -2.00. The fourth-order valence-electron chi connectivity index (χ4n) is 2.61. The summed E-state index contributed by atoms with van der Waals surface area (Å²) in [5.74, 6) is 0. The second-order valence-electron chi connectivity index (χ2n) is 5.43. The number of benzene rings is 2. The molecule has 1 N–H and O–H groups in total. The third kappa shape index (κ3) is 3.56. The van der Waals surface area contributed by atoms with Gasteiger partial charge < -0.3 is 15.0 Å². The molecule has 2 aromatic rings. The minimum Gasteiger partial charge on any atom is -0.381 e. The Kier molecular flexibility index (Phi) is 4.41. The van der Waals surface area contributed by atoms with Crippen molar-refractivity contribution < 1.29 is 4.74 Å². The molecule has 1 aliphatic heterocycles. The van der Waals surface area contributed by atoms with Crippen LogP contribution in [0.4, 0.5) is 11.4 Å². The molecule has 2 aromatic carbocycles. The van der Waals surface area contributed by atoms with E-state index in [2.05, 4.69) is 65.7 Å². The lowest BCUT2D eigenvalue weighted by molar-refractivity contribution is 0.122. The zero-order chi connectivity index (χ0) is 14.5. The van der Waals surface area contributed by atoms with Gasteiger partial charge in [-0.25, -0.2) is 0 Å². The Balaban J connectivity index is 1.60. The first kappa shape index (κ1) is 14.0. The van der Waals surface area contributed by atoms with Crippen LogP contribution < -0.4 is 10.2 Å². The predicted octanol–water partition coefficient (Wildman–Crippen LogP) is 3.44. The number of aryl methyl sites for hydroxylation is 1. The van der Waals surface area contributed by atoms with Crippen LogP contribution in [0.5, 0.6) is 0 Å². The summed E-state index contributed by atoms with van der Waals surface area (Å²) in [6.45, 7) is 6.62. The number of anilines is 2. The fourth-order valence-corrected chi connectivity index (χ4v) is 2.61. The van der Waals surface area contributed by atoms with Crippen molar-refractivity contribution in [2.45, 2.75) is 13.5 Å². The summed E-state index contributed by atoms with van der Waals surface area (Å²) in [6, 6.07) is 17.2. The first-order chi connectivity index (χ1) is 10.3. The van der Waals surface area contributed by atoms with Gasteiger partial charge in [-0.1, -0.05) is 30.3 Å². The van der Waals surface area contributed by atoms with Gasteiger partial charge in [-0.15, -0.1) is 0 Å². The summed E-state index contributed by atoms with van der Waals surface area (Å²) in [4.78, 5) is 2.38. The highest BCUT2D eigenvalue weighted by Crippen LogP contribution is 2.18. The van der Waals surface area contributed by atoms with E-state index in [4.69, 9.17) is 4.74 Å². The van der Waals surface area contributed by atoms with Crippen LogP contribution in [0.15, 0.2) is 48.5 Å². The van der Waals surface area contributed by atoms with Crippen molar-refractivity contribution in [1.82, 2.24) is 0 Å². The zero-order valence-corrected chi connectivity index (χ0v) is 12.5. The molecule has 3 nitrogen and oxygen atoms in total. The molecule has 0 atom stereocenters. The molecule has 0 aromatic heterocycles. The summed E-state index contributed by atoms with van der Waals surface area (Å²) in [5, 5.41) is 3.49. The molecule has 0 radical (unpaired) electrons. The molecule has 3 rings (SSSR count). The Bertz CT molecular complexity index is 574. The molecular formula is C18H22N2O. The molecule has 1 aliphatic rings. The van der Waals surface area contributed by atoms with Crippen LogP contribution in [-0.4, -0.2) is 26.3 Å². The summed E-state index contributed by atoms with van der Waals surface area (Å²) in [7, 11) is 0. The highest BCUT2D eigenvalue weighted by Gasteiger charge is 2.10. The molecule has 1 fully saturated rings. The normalized spacial score (nSPS) is 15.0. The van der Waals surface area contributed by atoms with Crippen LogP contribution in [0.1, 0.15) is 11.1 Å². The summed E-state index contributed by atoms with van der Waals surface area (Å²) >= 11 is 0. The maximum atomic E-state index is 5.39. The average molecular weight is 282 g/mol. The van der Waals surface area contributed by atoms with Gasteiger partial charge in [-0.05, 0) is 36.2 Å². The Morgan fingerprint density at radius 1 is 1.00 bits per heavy atom. The summed E-state index contributed by atoms with van der Waals surface area (Å²) in [6.07, 6.45) is 0. The molecule has 0 saturated carbocycles. The molecule has 0 bridgehead atoms. The Morgan fingerprint density at radius 2 is 1.71 bits per heavy atom. The van der Waals surface area contributed by atoms with Crippen molar-refractivity contribution in [2.75, 3.05) is 36.5 Å². The molecule has 1 saturated heterocycles. The van der Waals surface area contributed by atoms with Gasteiger partial charge in [0.25, 0.3) is 0 Å². The lowest BCUT2D eigenvalue weighted by atomic mass is 10.1. The van der Waals surface area contributed by atoms with Crippen LogP contribution in [0.25, 0.3) is 0 Å².